The molecule has 3 rings (SSSR count). The molecule has 0 amide bonds. The summed E-state index contributed by atoms with van der Waals surface area (Å²) in [4.78, 5) is 12.0. The predicted molar refractivity (Wildman–Crippen MR) is 112 cm³/mol. The maximum atomic E-state index is 12.0. The Morgan fingerprint density at radius 2 is 2.00 bits per heavy atom. The molecule has 0 radical (unpaired) electrons. The molecule has 1 heterocycles. The smallest absolute Gasteiger partial charge is 0.326 e. The van der Waals surface area contributed by atoms with Crippen molar-refractivity contribution < 1.29 is 22.8 Å². The van der Waals surface area contributed by atoms with Crippen LogP contribution in [0.25, 0.3) is 10.9 Å². The van der Waals surface area contributed by atoms with Crippen LogP contribution in [0.4, 0.5) is 5.69 Å². The third kappa shape index (κ3) is 5.16. The largest absolute Gasteiger partial charge is 0.750 e. The number of rotatable bonds is 9. The average Bonchev–Trinajstić information content (AvgIpc) is 3.10. The number of anilines is 1. The number of halogens is 1. The zero-order chi connectivity index (χ0) is 21.0. The summed E-state index contributed by atoms with van der Waals surface area (Å²) in [6.45, 7) is 1.77. The number of aromatic nitrogens is 1. The van der Waals surface area contributed by atoms with E-state index >= 15 is 0 Å². The molecule has 7 nitrogen and oxygen atoms in total. The summed E-state index contributed by atoms with van der Waals surface area (Å²) in [5, 5.41) is 14.2. The molecule has 1 aromatic heterocycles. The Hall–Kier alpha value is -2.39. The van der Waals surface area contributed by atoms with Crippen LogP contribution in [0, 0.1) is 0 Å². The summed E-state index contributed by atoms with van der Waals surface area (Å²) >= 11 is 3.33. The van der Waals surface area contributed by atoms with Crippen LogP contribution in [0.5, 0.6) is 0 Å². The Labute approximate surface area is 175 Å². The molecule has 9 heteroatoms. The lowest BCUT2D eigenvalue weighted by molar-refractivity contribution is -0.141. The second kappa shape index (κ2) is 9.41. The van der Waals surface area contributed by atoms with Crippen LogP contribution in [0.3, 0.4) is 0 Å². The van der Waals surface area contributed by atoms with E-state index in [1.807, 2.05) is 25.1 Å². The second-order valence-corrected chi connectivity index (χ2v) is 7.73. The lowest BCUT2D eigenvalue weighted by atomic mass is 9.93. The van der Waals surface area contributed by atoms with Crippen LogP contribution >= 0.6 is 11.6 Å². The highest BCUT2D eigenvalue weighted by Crippen LogP contribution is 2.32. The predicted octanol–water partition coefficient (Wildman–Crippen LogP) is 4.29. The topological polar surface area (TPSA) is 104 Å². The van der Waals surface area contributed by atoms with Gasteiger partial charge in [-0.1, -0.05) is 36.7 Å². The summed E-state index contributed by atoms with van der Waals surface area (Å²) in [6.07, 6.45) is 2.13. The molecule has 0 aliphatic carbocycles. The summed E-state index contributed by atoms with van der Waals surface area (Å²) in [5.74, 6) is -0.917. The van der Waals surface area contributed by atoms with E-state index in [-0.39, 0.29) is 12.6 Å². The van der Waals surface area contributed by atoms with Crippen molar-refractivity contribution in [2.45, 2.75) is 25.3 Å². The molecule has 3 aromatic rings. The van der Waals surface area contributed by atoms with Crippen LogP contribution in [-0.2, 0) is 20.3 Å². The molecule has 2 aromatic carbocycles. The van der Waals surface area contributed by atoms with Crippen LogP contribution in [-0.4, -0.2) is 31.1 Å². The Kier molecular flexibility index (Phi) is 6.92. The molecule has 0 fully saturated rings. The van der Waals surface area contributed by atoms with Gasteiger partial charge >= 0.3 is 5.97 Å². The normalized spacial score (nSPS) is 14.4. The molecule has 154 valence electrons. The van der Waals surface area contributed by atoms with Gasteiger partial charge in [0, 0.05) is 22.3 Å². The summed E-state index contributed by atoms with van der Waals surface area (Å²) in [7, 11) is 0. The van der Waals surface area contributed by atoms with Crippen LogP contribution in [0.15, 0.2) is 54.7 Å². The minimum absolute atomic E-state index is 0.00700. The van der Waals surface area contributed by atoms with Gasteiger partial charge in [-0.15, -0.1) is 0 Å². The van der Waals surface area contributed by atoms with E-state index in [4.69, 9.17) is 11.6 Å². The van der Waals surface area contributed by atoms with Gasteiger partial charge in [0.2, 0.25) is 0 Å². The van der Waals surface area contributed by atoms with Crippen LogP contribution in [0.1, 0.15) is 30.9 Å². The zero-order valence-corrected chi connectivity index (χ0v) is 17.2. The minimum atomic E-state index is -2.61. The zero-order valence-electron chi connectivity index (χ0n) is 15.6. The van der Waals surface area contributed by atoms with Gasteiger partial charge < -0.3 is 19.5 Å². The molecular formula is C20H20ClN2O5S-. The Bertz CT molecular complexity index is 1020. The number of aliphatic carboxylic acids is 1. The van der Waals surface area contributed by atoms with E-state index in [9.17, 15) is 18.7 Å². The number of hydrogen-bond donors (Lipinski definition) is 2. The van der Waals surface area contributed by atoms with Crippen molar-refractivity contribution in [1.82, 2.24) is 4.57 Å². The first kappa shape index (κ1) is 21.3. The maximum Gasteiger partial charge on any atom is 0.326 e. The molecule has 0 bridgehead atoms. The average molecular weight is 436 g/mol. The number of nitrogens with zero attached hydrogens (tertiary/aromatic N) is 1. The second-order valence-electron chi connectivity index (χ2n) is 6.65. The first-order chi connectivity index (χ1) is 13.9. The highest BCUT2D eigenvalue weighted by Gasteiger charge is 2.24. The SMILES string of the molecule is CC(CC(C(=O)O)n1ccc2c(NCOS(=O)[O-])cccc21)c1ccc(Cl)cc1. The van der Waals surface area contributed by atoms with Crippen molar-refractivity contribution in [3.8, 4) is 0 Å². The fourth-order valence-electron chi connectivity index (χ4n) is 3.37. The third-order valence-electron chi connectivity index (χ3n) is 4.82. The molecule has 3 unspecified atom stereocenters. The quantitative estimate of drug-likeness (QED) is 0.383. The molecule has 0 saturated carbocycles. The number of nitrogens with one attached hydrogen (secondary N) is 1. The van der Waals surface area contributed by atoms with Gasteiger partial charge in [0.1, 0.15) is 12.8 Å². The Balaban J connectivity index is 1.86. The fourth-order valence-corrected chi connectivity index (χ4v) is 3.65. The van der Waals surface area contributed by atoms with E-state index in [0.717, 1.165) is 16.5 Å². The number of carbonyl (C=O) groups is 1. The minimum Gasteiger partial charge on any atom is -0.750 e. The number of carboxylic acid groups (broad SMARTS) is 1. The van der Waals surface area contributed by atoms with Crippen LogP contribution in [0.2, 0.25) is 5.02 Å². The number of fused-ring (bicyclic) bond motifs is 1. The van der Waals surface area contributed by atoms with E-state index in [2.05, 4.69) is 9.50 Å². The first-order valence-electron chi connectivity index (χ1n) is 8.91. The lowest BCUT2D eigenvalue weighted by Crippen LogP contribution is -2.20. The van der Waals surface area contributed by atoms with Crippen LogP contribution < -0.4 is 5.32 Å². The monoisotopic (exact) mass is 435 g/mol. The van der Waals surface area contributed by atoms with Crippen molar-refractivity contribution in [1.29, 1.82) is 0 Å². The standard InChI is InChI=1S/C20H21ClN2O5S/c1-13(14-5-7-15(21)8-6-14)11-19(20(24)25)23-10-9-16-17(3-2-4-18(16)23)22-12-28-29(26)27/h2-10,13,19,22H,11-12H2,1H3,(H,24,25)(H,26,27)/p-1. The Morgan fingerprint density at radius 3 is 2.66 bits per heavy atom. The van der Waals surface area contributed by atoms with Gasteiger partial charge in [0.15, 0.2) is 0 Å². The fraction of sp³-hybridized carbons (Fsp3) is 0.250. The van der Waals surface area contributed by atoms with Crippen molar-refractivity contribution in [3.05, 3.63) is 65.3 Å². The molecule has 0 spiro atoms. The van der Waals surface area contributed by atoms with E-state index in [1.165, 1.54) is 0 Å². The number of carboxylic acids is 1. The van der Waals surface area contributed by atoms with Gasteiger partial charge in [0.25, 0.3) is 0 Å². The van der Waals surface area contributed by atoms with E-state index in [1.54, 1.807) is 41.1 Å². The van der Waals surface area contributed by atoms with Gasteiger partial charge in [-0.2, -0.15) is 0 Å². The molecule has 2 N–H and O–H groups in total. The number of hydrogen-bond acceptors (Lipinski definition) is 5. The third-order valence-corrected chi connectivity index (χ3v) is 5.38. The van der Waals surface area contributed by atoms with Crippen molar-refractivity contribution in [3.63, 3.8) is 0 Å². The lowest BCUT2D eigenvalue weighted by Gasteiger charge is -2.21. The molecule has 0 aliphatic heterocycles. The highest BCUT2D eigenvalue weighted by atomic mass is 35.5. The van der Waals surface area contributed by atoms with Gasteiger partial charge in [0.05, 0.1) is 16.9 Å². The van der Waals surface area contributed by atoms with Crippen molar-refractivity contribution in [2.24, 2.45) is 0 Å². The summed E-state index contributed by atoms with van der Waals surface area (Å²) in [6, 6.07) is 13.8. The number of benzene rings is 2. The first-order valence-corrected chi connectivity index (χ1v) is 10.3. The van der Waals surface area contributed by atoms with E-state index in [0.29, 0.717) is 17.1 Å². The maximum absolute atomic E-state index is 12.0. The Morgan fingerprint density at radius 1 is 1.28 bits per heavy atom. The highest BCUT2D eigenvalue weighted by molar-refractivity contribution is 7.74. The summed E-state index contributed by atoms with van der Waals surface area (Å²) < 4.78 is 27.3. The van der Waals surface area contributed by atoms with Crippen molar-refractivity contribution >= 4 is 45.5 Å². The van der Waals surface area contributed by atoms with E-state index < -0.39 is 23.4 Å². The molecular weight excluding hydrogens is 416 g/mol. The molecule has 29 heavy (non-hydrogen) atoms. The van der Waals surface area contributed by atoms with Crippen molar-refractivity contribution in [2.75, 3.05) is 12.0 Å². The summed E-state index contributed by atoms with van der Waals surface area (Å²) in [5.41, 5.74) is 2.40. The van der Waals surface area contributed by atoms with Gasteiger partial charge in [-0.25, -0.2) is 9.00 Å². The molecule has 0 saturated heterocycles. The van der Waals surface area contributed by atoms with Gasteiger partial charge in [-0.05, 0) is 48.2 Å². The molecule has 3 atom stereocenters. The molecule has 0 aliphatic rings. The van der Waals surface area contributed by atoms with Gasteiger partial charge in [-0.3, -0.25) is 4.18 Å².